The van der Waals surface area contributed by atoms with Crippen LogP contribution < -0.4 is 15.4 Å². The van der Waals surface area contributed by atoms with E-state index >= 15 is 0 Å². The number of nitrogens with one attached hydrogen (secondary N) is 2. The Balaban J connectivity index is 1.71. The maximum absolute atomic E-state index is 11.8. The molecule has 0 radical (unpaired) electrons. The Hall–Kier alpha value is -2.59. The van der Waals surface area contributed by atoms with Crippen LogP contribution in [0.5, 0.6) is 5.75 Å². The minimum absolute atomic E-state index is 0.257. The number of hydrogen-bond acceptors (Lipinski definition) is 5. The van der Waals surface area contributed by atoms with Crippen molar-refractivity contribution in [2.24, 2.45) is 0 Å². The zero-order chi connectivity index (χ0) is 17.2. The van der Waals surface area contributed by atoms with Gasteiger partial charge in [-0.05, 0) is 30.5 Å². The van der Waals surface area contributed by atoms with Crippen LogP contribution in [-0.2, 0) is 12.8 Å². The molecule has 1 aromatic carbocycles. The Morgan fingerprint density at radius 2 is 2.08 bits per heavy atom. The van der Waals surface area contributed by atoms with Crippen LogP contribution >= 0.6 is 11.3 Å². The second kappa shape index (κ2) is 9.53. The molecule has 2 N–H and O–H groups in total. The molecule has 2 aromatic rings. The van der Waals surface area contributed by atoms with Crippen LogP contribution in [0.15, 0.2) is 24.3 Å². The first-order chi connectivity index (χ1) is 11.7. The molecule has 0 aliphatic heterocycles. The van der Waals surface area contributed by atoms with Gasteiger partial charge >= 0.3 is 6.03 Å². The maximum atomic E-state index is 11.8. The van der Waals surface area contributed by atoms with E-state index in [2.05, 4.69) is 33.7 Å². The van der Waals surface area contributed by atoms with Crippen molar-refractivity contribution >= 4 is 22.5 Å². The Labute approximate surface area is 145 Å². The van der Waals surface area contributed by atoms with Gasteiger partial charge in [-0.2, -0.15) is 0 Å². The average Bonchev–Trinajstić information content (AvgIpc) is 3.01. The van der Waals surface area contributed by atoms with Crippen LogP contribution in [0, 0.1) is 12.3 Å². The van der Waals surface area contributed by atoms with Gasteiger partial charge in [0, 0.05) is 13.0 Å². The van der Waals surface area contributed by atoms with E-state index in [4.69, 9.17) is 11.2 Å². The first kappa shape index (κ1) is 17.8. The monoisotopic (exact) mass is 344 g/mol. The molecule has 0 atom stereocenters. The maximum Gasteiger partial charge on any atom is 0.321 e. The number of amides is 2. The van der Waals surface area contributed by atoms with Crippen LogP contribution in [0.1, 0.15) is 23.9 Å². The number of carbonyl (C=O) groups is 1. The number of rotatable bonds is 8. The number of benzene rings is 1. The summed E-state index contributed by atoms with van der Waals surface area (Å²) >= 11 is 1.40. The molecule has 0 spiro atoms. The third-order valence-corrected chi connectivity index (χ3v) is 3.99. The van der Waals surface area contributed by atoms with E-state index in [9.17, 15) is 4.79 Å². The van der Waals surface area contributed by atoms with Crippen LogP contribution in [0.4, 0.5) is 9.93 Å². The lowest BCUT2D eigenvalue weighted by molar-refractivity contribution is 0.252. The van der Waals surface area contributed by atoms with E-state index in [1.807, 2.05) is 24.3 Å². The fourth-order valence-corrected chi connectivity index (χ4v) is 2.79. The molecule has 2 rings (SSSR count). The highest BCUT2D eigenvalue weighted by atomic mass is 32.1. The fraction of sp³-hybridized carbons (Fsp3) is 0.353. The summed E-state index contributed by atoms with van der Waals surface area (Å²) in [6, 6.07) is 7.36. The molecule has 6 nitrogen and oxygen atoms in total. The second-order valence-electron chi connectivity index (χ2n) is 5.02. The largest absolute Gasteiger partial charge is 0.481 e. The zero-order valence-electron chi connectivity index (χ0n) is 13.5. The normalized spacial score (nSPS) is 10.0. The Morgan fingerprint density at radius 3 is 2.79 bits per heavy atom. The van der Waals surface area contributed by atoms with Gasteiger partial charge in [-0.1, -0.05) is 36.3 Å². The molecule has 0 fully saturated rings. The van der Waals surface area contributed by atoms with E-state index in [1.54, 1.807) is 0 Å². The third-order valence-electron chi connectivity index (χ3n) is 3.10. The van der Waals surface area contributed by atoms with E-state index < -0.39 is 0 Å². The molecule has 0 aliphatic rings. The summed E-state index contributed by atoms with van der Waals surface area (Å²) in [5, 5.41) is 14.9. The standard InChI is InChI=1S/C17H20N4O2S/c1-3-5-15-20-21-17(24-15)19-16(22)18-11-10-13-6-8-14(9-7-13)23-12-4-2/h2,6-9H,3,5,10-12H2,1H3,(H2,18,19,21,22). The third kappa shape index (κ3) is 5.89. The van der Waals surface area contributed by atoms with Gasteiger partial charge in [0.2, 0.25) is 5.13 Å². The quantitative estimate of drug-likeness (QED) is 0.722. The molecule has 1 aromatic heterocycles. The summed E-state index contributed by atoms with van der Waals surface area (Å²) in [5.74, 6) is 3.16. The topological polar surface area (TPSA) is 76.1 Å². The summed E-state index contributed by atoms with van der Waals surface area (Å²) in [7, 11) is 0. The molecule has 0 unspecified atom stereocenters. The first-order valence-corrected chi connectivity index (χ1v) is 8.55. The van der Waals surface area contributed by atoms with Gasteiger partial charge in [-0.3, -0.25) is 5.32 Å². The van der Waals surface area contributed by atoms with Gasteiger partial charge in [0.15, 0.2) is 0 Å². The van der Waals surface area contributed by atoms with Gasteiger partial charge in [-0.25, -0.2) is 4.79 Å². The summed E-state index contributed by atoms with van der Waals surface area (Å²) in [6.07, 6.45) is 7.75. The number of nitrogens with zero attached hydrogens (tertiary/aromatic N) is 2. The van der Waals surface area contributed by atoms with Gasteiger partial charge < -0.3 is 10.1 Å². The zero-order valence-corrected chi connectivity index (χ0v) is 14.4. The molecule has 0 saturated heterocycles. The first-order valence-electron chi connectivity index (χ1n) is 7.73. The van der Waals surface area contributed by atoms with E-state index in [-0.39, 0.29) is 12.6 Å². The highest BCUT2D eigenvalue weighted by Gasteiger charge is 2.07. The lowest BCUT2D eigenvalue weighted by Crippen LogP contribution is -2.30. The summed E-state index contributed by atoms with van der Waals surface area (Å²) in [6.45, 7) is 2.86. The van der Waals surface area contributed by atoms with Gasteiger partial charge in [-0.15, -0.1) is 16.6 Å². The number of aromatic nitrogens is 2. The molecular weight excluding hydrogens is 324 g/mol. The number of carbonyl (C=O) groups excluding carboxylic acids is 1. The van der Waals surface area contributed by atoms with Crippen LogP contribution in [-0.4, -0.2) is 29.4 Å². The van der Waals surface area contributed by atoms with Crippen molar-refractivity contribution in [3.63, 3.8) is 0 Å². The minimum atomic E-state index is -0.275. The smallest absolute Gasteiger partial charge is 0.321 e. The van der Waals surface area contributed by atoms with Crippen molar-refractivity contribution in [1.29, 1.82) is 0 Å². The molecule has 0 bridgehead atoms. The summed E-state index contributed by atoms with van der Waals surface area (Å²) < 4.78 is 5.31. The van der Waals surface area contributed by atoms with Crippen molar-refractivity contribution in [3.05, 3.63) is 34.8 Å². The molecule has 7 heteroatoms. The fourth-order valence-electron chi connectivity index (χ4n) is 1.96. The molecule has 126 valence electrons. The highest BCUT2D eigenvalue weighted by molar-refractivity contribution is 7.15. The highest BCUT2D eigenvalue weighted by Crippen LogP contribution is 2.16. The molecule has 0 saturated carbocycles. The lowest BCUT2D eigenvalue weighted by atomic mass is 10.1. The summed E-state index contributed by atoms with van der Waals surface area (Å²) in [4.78, 5) is 11.8. The number of aryl methyl sites for hydroxylation is 1. The summed E-state index contributed by atoms with van der Waals surface area (Å²) in [5.41, 5.74) is 1.10. The second-order valence-corrected chi connectivity index (χ2v) is 6.08. The van der Waals surface area contributed by atoms with Crippen LogP contribution in [0.25, 0.3) is 0 Å². The lowest BCUT2D eigenvalue weighted by Gasteiger charge is -2.06. The number of ether oxygens (including phenoxy) is 1. The molecular formula is C17H20N4O2S. The van der Waals surface area contributed by atoms with Crippen LogP contribution in [0.3, 0.4) is 0 Å². The van der Waals surface area contributed by atoms with Crippen molar-refractivity contribution in [3.8, 4) is 18.1 Å². The molecule has 0 aliphatic carbocycles. The predicted octanol–water partition coefficient (Wildman–Crippen LogP) is 2.87. The molecule has 2 amide bonds. The van der Waals surface area contributed by atoms with Crippen molar-refractivity contribution in [1.82, 2.24) is 15.5 Å². The Bertz CT molecular complexity index is 691. The average molecular weight is 344 g/mol. The van der Waals surface area contributed by atoms with Gasteiger partial charge in [0.25, 0.3) is 0 Å². The van der Waals surface area contributed by atoms with E-state index in [0.29, 0.717) is 11.7 Å². The van der Waals surface area contributed by atoms with Crippen LogP contribution in [0.2, 0.25) is 0 Å². The van der Waals surface area contributed by atoms with E-state index in [0.717, 1.165) is 35.6 Å². The van der Waals surface area contributed by atoms with Crippen molar-refractivity contribution in [2.75, 3.05) is 18.5 Å². The van der Waals surface area contributed by atoms with Crippen molar-refractivity contribution < 1.29 is 9.53 Å². The van der Waals surface area contributed by atoms with Crippen molar-refractivity contribution in [2.45, 2.75) is 26.2 Å². The number of hydrogen-bond donors (Lipinski definition) is 2. The predicted molar refractivity (Wildman–Crippen MR) is 95.4 cm³/mol. The van der Waals surface area contributed by atoms with Gasteiger partial charge in [0.1, 0.15) is 17.4 Å². The molecule has 1 heterocycles. The van der Waals surface area contributed by atoms with Gasteiger partial charge in [0.05, 0.1) is 0 Å². The molecule has 24 heavy (non-hydrogen) atoms. The van der Waals surface area contributed by atoms with E-state index in [1.165, 1.54) is 11.3 Å². The number of urea groups is 1. The minimum Gasteiger partial charge on any atom is -0.481 e. The number of terminal acetylenes is 1. The SMILES string of the molecule is C#CCOc1ccc(CCNC(=O)Nc2nnc(CCC)s2)cc1. The Kier molecular flexibility index (Phi) is 7.05. The Morgan fingerprint density at radius 1 is 1.29 bits per heavy atom. The number of anilines is 1.